The van der Waals surface area contributed by atoms with Gasteiger partial charge in [-0.2, -0.15) is 0 Å². The van der Waals surface area contributed by atoms with Gasteiger partial charge in [-0.05, 0) is 68.3 Å². The Morgan fingerprint density at radius 2 is 1.96 bits per heavy atom. The molecule has 28 heavy (non-hydrogen) atoms. The van der Waals surface area contributed by atoms with Crippen LogP contribution in [0.2, 0.25) is 5.28 Å². The summed E-state index contributed by atoms with van der Waals surface area (Å²) < 4.78 is 1.91. The first-order chi connectivity index (χ1) is 13.3. The van der Waals surface area contributed by atoms with Crippen LogP contribution in [0.3, 0.4) is 0 Å². The van der Waals surface area contributed by atoms with Gasteiger partial charge in [0.15, 0.2) is 0 Å². The number of amides is 2. The number of hydrogen-bond acceptors (Lipinski definition) is 3. The van der Waals surface area contributed by atoms with Crippen molar-refractivity contribution in [3.05, 3.63) is 58.9 Å². The molecule has 0 spiro atoms. The van der Waals surface area contributed by atoms with E-state index in [9.17, 15) is 9.59 Å². The number of fused-ring (bicyclic) bond motifs is 1. The number of benzene rings is 2. The minimum Gasteiger partial charge on any atom is -0.352 e. The van der Waals surface area contributed by atoms with Crippen molar-refractivity contribution in [3.63, 3.8) is 0 Å². The summed E-state index contributed by atoms with van der Waals surface area (Å²) >= 11 is 6.20. The Bertz CT molecular complexity index is 1030. The second-order valence-electron chi connectivity index (χ2n) is 6.97. The van der Waals surface area contributed by atoms with E-state index in [2.05, 4.69) is 15.6 Å². The molecule has 2 aromatic carbocycles. The lowest BCUT2D eigenvalue weighted by molar-refractivity contribution is -0.116. The molecule has 3 rings (SSSR count). The summed E-state index contributed by atoms with van der Waals surface area (Å²) in [5.74, 6) is -0.399. The highest BCUT2D eigenvalue weighted by Crippen LogP contribution is 2.25. The number of imidazole rings is 1. The van der Waals surface area contributed by atoms with Gasteiger partial charge >= 0.3 is 0 Å². The maximum Gasteiger partial charge on any atom is 0.251 e. The molecule has 0 atom stereocenters. The summed E-state index contributed by atoms with van der Waals surface area (Å²) in [6, 6.07) is 13.0. The van der Waals surface area contributed by atoms with Crippen LogP contribution in [0.4, 0.5) is 5.69 Å². The summed E-state index contributed by atoms with van der Waals surface area (Å²) in [5, 5.41) is 5.99. The van der Waals surface area contributed by atoms with E-state index in [4.69, 9.17) is 11.6 Å². The Hall–Kier alpha value is -2.86. The predicted molar refractivity (Wildman–Crippen MR) is 112 cm³/mol. The van der Waals surface area contributed by atoms with Gasteiger partial charge in [-0.15, -0.1) is 0 Å². The van der Waals surface area contributed by atoms with Crippen molar-refractivity contribution in [1.29, 1.82) is 0 Å². The topological polar surface area (TPSA) is 76.0 Å². The van der Waals surface area contributed by atoms with Gasteiger partial charge in [-0.1, -0.05) is 12.1 Å². The summed E-state index contributed by atoms with van der Waals surface area (Å²) in [6.07, 6.45) is 0.190. The maximum atomic E-state index is 12.4. The van der Waals surface area contributed by atoms with E-state index < -0.39 is 0 Å². The first-order valence-corrected chi connectivity index (χ1v) is 9.55. The van der Waals surface area contributed by atoms with E-state index in [1.807, 2.05) is 55.7 Å². The Morgan fingerprint density at radius 1 is 1.18 bits per heavy atom. The molecule has 0 radical (unpaired) electrons. The molecule has 0 aliphatic carbocycles. The highest BCUT2D eigenvalue weighted by molar-refractivity contribution is 6.29. The number of rotatable bonds is 6. The largest absolute Gasteiger partial charge is 0.352 e. The zero-order valence-corrected chi connectivity index (χ0v) is 16.9. The Labute approximate surface area is 168 Å². The second kappa shape index (κ2) is 8.44. The molecule has 6 nitrogen and oxygen atoms in total. The summed E-state index contributed by atoms with van der Waals surface area (Å²) in [5.41, 5.74) is 3.86. The van der Waals surface area contributed by atoms with E-state index in [1.54, 1.807) is 12.1 Å². The molecule has 3 aromatic rings. The zero-order chi connectivity index (χ0) is 20.3. The number of aromatic nitrogens is 2. The summed E-state index contributed by atoms with van der Waals surface area (Å²) in [4.78, 5) is 28.7. The molecule has 0 bridgehead atoms. The third kappa shape index (κ3) is 4.51. The van der Waals surface area contributed by atoms with Crippen molar-refractivity contribution in [1.82, 2.24) is 14.9 Å². The van der Waals surface area contributed by atoms with Gasteiger partial charge in [0.25, 0.3) is 5.91 Å². The predicted octanol–water partition coefficient (Wildman–Crippen LogP) is 4.34. The fourth-order valence-corrected chi connectivity index (χ4v) is 3.42. The summed E-state index contributed by atoms with van der Waals surface area (Å²) in [6.45, 7) is 6.25. The quantitative estimate of drug-likeness (QED) is 0.648. The molecule has 0 aliphatic heterocycles. The Kier molecular flexibility index (Phi) is 5.99. The maximum absolute atomic E-state index is 12.4. The minimum absolute atomic E-state index is 0.149. The molecule has 2 N–H and O–H groups in total. The second-order valence-corrected chi connectivity index (χ2v) is 7.31. The van der Waals surface area contributed by atoms with Crippen LogP contribution < -0.4 is 10.6 Å². The molecule has 146 valence electrons. The first-order valence-electron chi connectivity index (χ1n) is 9.17. The van der Waals surface area contributed by atoms with Crippen molar-refractivity contribution in [3.8, 4) is 0 Å². The fourth-order valence-electron chi connectivity index (χ4n) is 3.04. The minimum atomic E-state index is -0.250. The van der Waals surface area contributed by atoms with Crippen LogP contribution in [0.5, 0.6) is 0 Å². The molecule has 0 fully saturated rings. The van der Waals surface area contributed by atoms with Crippen molar-refractivity contribution < 1.29 is 9.59 Å². The number of nitrogens with zero attached hydrogens (tertiary/aromatic N) is 2. The van der Waals surface area contributed by atoms with Gasteiger partial charge in [0.05, 0.1) is 11.0 Å². The van der Waals surface area contributed by atoms with Crippen LogP contribution in [-0.2, 0) is 4.79 Å². The highest BCUT2D eigenvalue weighted by Gasteiger charge is 2.14. The molecule has 0 aliphatic rings. The lowest BCUT2D eigenvalue weighted by Gasteiger charge is -2.10. The van der Waals surface area contributed by atoms with E-state index in [0.29, 0.717) is 16.4 Å². The standard InChI is InChI=1S/C21H23ClN4O2/c1-13(2)26-18-8-7-15(12-17(18)25-21(26)22)20(28)23-10-9-19(27)24-16-6-4-5-14(3)11-16/h4-8,11-13H,9-10H2,1-3H3,(H,23,28)(H,24,27). The molecule has 1 heterocycles. The lowest BCUT2D eigenvalue weighted by atomic mass is 10.2. The van der Waals surface area contributed by atoms with Crippen molar-refractivity contribution in [2.24, 2.45) is 0 Å². The van der Waals surface area contributed by atoms with Crippen LogP contribution in [0.25, 0.3) is 11.0 Å². The van der Waals surface area contributed by atoms with Gasteiger partial charge < -0.3 is 15.2 Å². The van der Waals surface area contributed by atoms with Crippen LogP contribution in [0.15, 0.2) is 42.5 Å². The number of nitrogens with one attached hydrogen (secondary N) is 2. The fraction of sp³-hybridized carbons (Fsp3) is 0.286. The monoisotopic (exact) mass is 398 g/mol. The highest BCUT2D eigenvalue weighted by atomic mass is 35.5. The molecule has 0 unspecified atom stereocenters. The lowest BCUT2D eigenvalue weighted by Crippen LogP contribution is -2.27. The van der Waals surface area contributed by atoms with Gasteiger partial charge in [-0.25, -0.2) is 4.98 Å². The number of halogens is 1. The number of carbonyl (C=O) groups excluding carboxylic acids is 2. The number of anilines is 1. The van der Waals surface area contributed by atoms with Crippen molar-refractivity contribution >= 4 is 40.1 Å². The third-order valence-corrected chi connectivity index (χ3v) is 4.63. The van der Waals surface area contributed by atoms with E-state index in [-0.39, 0.29) is 30.8 Å². The molecular weight excluding hydrogens is 376 g/mol. The Balaban J connectivity index is 1.58. The molecular formula is C21H23ClN4O2. The van der Waals surface area contributed by atoms with Gasteiger partial charge in [0.1, 0.15) is 0 Å². The molecule has 7 heteroatoms. The van der Waals surface area contributed by atoms with E-state index in [1.165, 1.54) is 0 Å². The molecule has 0 saturated heterocycles. The average Bonchev–Trinajstić information content (AvgIpc) is 2.96. The first kappa shape index (κ1) is 19.9. The number of aryl methyl sites for hydroxylation is 1. The van der Waals surface area contributed by atoms with E-state index in [0.717, 1.165) is 16.8 Å². The van der Waals surface area contributed by atoms with Gasteiger partial charge in [0, 0.05) is 30.3 Å². The zero-order valence-electron chi connectivity index (χ0n) is 16.1. The number of hydrogen-bond donors (Lipinski definition) is 2. The van der Waals surface area contributed by atoms with Gasteiger partial charge in [-0.3, -0.25) is 9.59 Å². The Morgan fingerprint density at radius 3 is 2.68 bits per heavy atom. The number of carbonyl (C=O) groups is 2. The summed E-state index contributed by atoms with van der Waals surface area (Å²) in [7, 11) is 0. The molecule has 1 aromatic heterocycles. The third-order valence-electron chi connectivity index (χ3n) is 4.36. The van der Waals surface area contributed by atoms with E-state index >= 15 is 0 Å². The smallest absolute Gasteiger partial charge is 0.251 e. The van der Waals surface area contributed by atoms with Crippen LogP contribution in [0.1, 0.15) is 42.2 Å². The van der Waals surface area contributed by atoms with Gasteiger partial charge in [0.2, 0.25) is 11.2 Å². The molecule has 2 amide bonds. The molecule has 0 saturated carbocycles. The SMILES string of the molecule is Cc1cccc(NC(=O)CCNC(=O)c2ccc3c(c2)nc(Cl)n3C(C)C)c1. The van der Waals surface area contributed by atoms with Crippen molar-refractivity contribution in [2.45, 2.75) is 33.2 Å². The van der Waals surface area contributed by atoms with Crippen LogP contribution in [0, 0.1) is 6.92 Å². The van der Waals surface area contributed by atoms with Crippen molar-refractivity contribution in [2.75, 3.05) is 11.9 Å². The average molecular weight is 399 g/mol. The normalized spacial score (nSPS) is 11.0. The van der Waals surface area contributed by atoms with Crippen LogP contribution >= 0.6 is 11.6 Å². The van der Waals surface area contributed by atoms with Crippen LogP contribution in [-0.4, -0.2) is 27.9 Å².